The van der Waals surface area contributed by atoms with Crippen molar-refractivity contribution in [1.29, 1.82) is 0 Å². The van der Waals surface area contributed by atoms with Crippen LogP contribution < -0.4 is 10.6 Å². The molecule has 1 heterocycles. The van der Waals surface area contributed by atoms with E-state index in [9.17, 15) is 9.59 Å². The standard InChI is InChI=1S/C11H21N3O2/c1-9(2)7-10(13-8-15)11(16)14-5-3-12-4-6-14/h8-10,12H,3-7H2,1-2H3,(H,13,15). The number of rotatable bonds is 5. The first-order chi connectivity index (χ1) is 7.65. The molecular weight excluding hydrogens is 206 g/mol. The molecule has 0 radical (unpaired) electrons. The van der Waals surface area contributed by atoms with Gasteiger partial charge < -0.3 is 15.5 Å². The summed E-state index contributed by atoms with van der Waals surface area (Å²) in [6.07, 6.45) is 1.31. The van der Waals surface area contributed by atoms with E-state index in [-0.39, 0.29) is 11.9 Å². The Morgan fingerprint density at radius 2 is 2.06 bits per heavy atom. The molecule has 1 saturated heterocycles. The van der Waals surface area contributed by atoms with Crippen LogP contribution in [0.2, 0.25) is 0 Å². The quantitative estimate of drug-likeness (QED) is 0.627. The third-order valence-electron chi connectivity index (χ3n) is 2.70. The lowest BCUT2D eigenvalue weighted by Crippen LogP contribution is -2.53. The normalized spacial score (nSPS) is 18.3. The van der Waals surface area contributed by atoms with E-state index < -0.39 is 0 Å². The summed E-state index contributed by atoms with van der Waals surface area (Å²) in [4.78, 5) is 24.4. The zero-order chi connectivity index (χ0) is 12.0. The average Bonchev–Trinajstić information content (AvgIpc) is 2.28. The minimum Gasteiger partial charge on any atom is -0.347 e. The maximum absolute atomic E-state index is 12.1. The molecule has 5 heteroatoms. The van der Waals surface area contributed by atoms with Crippen molar-refractivity contribution in [2.45, 2.75) is 26.3 Å². The van der Waals surface area contributed by atoms with Gasteiger partial charge in [0.1, 0.15) is 6.04 Å². The minimum atomic E-state index is -0.365. The minimum absolute atomic E-state index is 0.0438. The SMILES string of the molecule is CC(C)CC(NC=O)C(=O)N1CCNCC1. The molecule has 1 unspecified atom stereocenters. The lowest BCUT2D eigenvalue weighted by molar-refractivity contribution is -0.135. The van der Waals surface area contributed by atoms with Crippen molar-refractivity contribution >= 4 is 12.3 Å². The molecule has 1 aliphatic heterocycles. The van der Waals surface area contributed by atoms with Crippen LogP contribution in [-0.4, -0.2) is 49.4 Å². The number of nitrogens with zero attached hydrogens (tertiary/aromatic N) is 1. The van der Waals surface area contributed by atoms with Crippen molar-refractivity contribution in [2.75, 3.05) is 26.2 Å². The third-order valence-corrected chi connectivity index (χ3v) is 2.70. The van der Waals surface area contributed by atoms with E-state index in [1.165, 1.54) is 0 Å². The highest BCUT2D eigenvalue weighted by Crippen LogP contribution is 2.08. The van der Waals surface area contributed by atoms with E-state index >= 15 is 0 Å². The Labute approximate surface area is 96.6 Å². The Bertz CT molecular complexity index is 237. The summed E-state index contributed by atoms with van der Waals surface area (Å²) in [6.45, 7) is 7.22. The molecule has 0 saturated carbocycles. The molecule has 1 atom stereocenters. The zero-order valence-corrected chi connectivity index (χ0v) is 10.0. The molecule has 1 aliphatic rings. The van der Waals surface area contributed by atoms with Gasteiger partial charge in [0, 0.05) is 26.2 Å². The second-order valence-electron chi connectivity index (χ2n) is 4.54. The van der Waals surface area contributed by atoms with E-state index in [0.717, 1.165) is 26.2 Å². The third kappa shape index (κ3) is 3.81. The first kappa shape index (κ1) is 13.0. The Morgan fingerprint density at radius 3 is 2.56 bits per heavy atom. The second-order valence-corrected chi connectivity index (χ2v) is 4.54. The summed E-state index contributed by atoms with van der Waals surface area (Å²) in [5.74, 6) is 0.437. The molecule has 16 heavy (non-hydrogen) atoms. The van der Waals surface area contributed by atoms with Crippen molar-refractivity contribution in [3.8, 4) is 0 Å². The highest BCUT2D eigenvalue weighted by atomic mass is 16.2. The van der Waals surface area contributed by atoms with E-state index in [1.807, 2.05) is 18.7 Å². The van der Waals surface area contributed by atoms with Crippen molar-refractivity contribution in [3.05, 3.63) is 0 Å². The van der Waals surface area contributed by atoms with Gasteiger partial charge in [0.05, 0.1) is 0 Å². The maximum Gasteiger partial charge on any atom is 0.245 e. The molecule has 0 aliphatic carbocycles. The van der Waals surface area contributed by atoms with Crippen LogP contribution in [0.3, 0.4) is 0 Å². The lowest BCUT2D eigenvalue weighted by Gasteiger charge is -2.31. The second kappa shape index (κ2) is 6.48. The van der Waals surface area contributed by atoms with Gasteiger partial charge in [-0.25, -0.2) is 0 Å². The van der Waals surface area contributed by atoms with Gasteiger partial charge in [0.25, 0.3) is 0 Å². The van der Waals surface area contributed by atoms with Crippen LogP contribution in [0.1, 0.15) is 20.3 Å². The van der Waals surface area contributed by atoms with Crippen LogP contribution >= 0.6 is 0 Å². The van der Waals surface area contributed by atoms with Crippen LogP contribution in [0.15, 0.2) is 0 Å². The summed E-state index contributed by atoms with van der Waals surface area (Å²) < 4.78 is 0. The maximum atomic E-state index is 12.1. The fourth-order valence-corrected chi connectivity index (χ4v) is 1.90. The number of hydrogen-bond donors (Lipinski definition) is 2. The molecule has 0 bridgehead atoms. The van der Waals surface area contributed by atoms with Gasteiger partial charge in [-0.2, -0.15) is 0 Å². The number of carbonyl (C=O) groups excluding carboxylic acids is 2. The van der Waals surface area contributed by atoms with Crippen LogP contribution in [0.25, 0.3) is 0 Å². The Balaban J connectivity index is 2.53. The first-order valence-corrected chi connectivity index (χ1v) is 5.84. The predicted molar refractivity (Wildman–Crippen MR) is 61.9 cm³/mol. The molecule has 2 N–H and O–H groups in total. The van der Waals surface area contributed by atoms with Gasteiger partial charge in [-0.05, 0) is 12.3 Å². The number of piperazine rings is 1. The van der Waals surface area contributed by atoms with Crippen LogP contribution in [-0.2, 0) is 9.59 Å². The Hall–Kier alpha value is -1.10. The summed E-state index contributed by atoms with van der Waals surface area (Å²) in [7, 11) is 0. The summed E-state index contributed by atoms with van der Waals surface area (Å²) >= 11 is 0. The fraction of sp³-hybridized carbons (Fsp3) is 0.818. The van der Waals surface area contributed by atoms with Crippen molar-refractivity contribution in [1.82, 2.24) is 15.5 Å². The summed E-state index contributed by atoms with van der Waals surface area (Å²) in [5.41, 5.74) is 0. The lowest BCUT2D eigenvalue weighted by atomic mass is 10.0. The van der Waals surface area contributed by atoms with Crippen molar-refractivity contribution in [2.24, 2.45) is 5.92 Å². The molecule has 0 aromatic rings. The van der Waals surface area contributed by atoms with Crippen LogP contribution in [0, 0.1) is 5.92 Å². The Morgan fingerprint density at radius 1 is 1.44 bits per heavy atom. The molecule has 1 fully saturated rings. The highest BCUT2D eigenvalue weighted by Gasteiger charge is 2.25. The van der Waals surface area contributed by atoms with Crippen LogP contribution in [0.4, 0.5) is 0 Å². The molecular formula is C11H21N3O2. The van der Waals surface area contributed by atoms with Gasteiger partial charge in [0.15, 0.2) is 0 Å². The van der Waals surface area contributed by atoms with E-state index in [1.54, 1.807) is 0 Å². The van der Waals surface area contributed by atoms with Gasteiger partial charge in [-0.3, -0.25) is 9.59 Å². The number of amides is 2. The summed E-state index contributed by atoms with van der Waals surface area (Å²) in [6, 6.07) is -0.365. The molecule has 0 spiro atoms. The van der Waals surface area contributed by atoms with E-state index in [4.69, 9.17) is 0 Å². The van der Waals surface area contributed by atoms with Gasteiger partial charge >= 0.3 is 0 Å². The van der Waals surface area contributed by atoms with Gasteiger partial charge in [-0.15, -0.1) is 0 Å². The van der Waals surface area contributed by atoms with Crippen molar-refractivity contribution < 1.29 is 9.59 Å². The molecule has 0 aromatic heterocycles. The number of carbonyl (C=O) groups is 2. The smallest absolute Gasteiger partial charge is 0.245 e. The predicted octanol–water partition coefficient (Wildman–Crippen LogP) is -0.421. The zero-order valence-electron chi connectivity index (χ0n) is 10.0. The monoisotopic (exact) mass is 227 g/mol. The van der Waals surface area contributed by atoms with E-state index in [0.29, 0.717) is 18.7 Å². The van der Waals surface area contributed by atoms with Crippen LogP contribution in [0.5, 0.6) is 0 Å². The molecule has 2 amide bonds. The fourth-order valence-electron chi connectivity index (χ4n) is 1.90. The molecule has 1 rings (SSSR count). The first-order valence-electron chi connectivity index (χ1n) is 5.84. The average molecular weight is 227 g/mol. The largest absolute Gasteiger partial charge is 0.347 e. The number of hydrogen-bond acceptors (Lipinski definition) is 3. The van der Waals surface area contributed by atoms with Crippen molar-refractivity contribution in [3.63, 3.8) is 0 Å². The highest BCUT2D eigenvalue weighted by molar-refractivity contribution is 5.83. The summed E-state index contributed by atoms with van der Waals surface area (Å²) in [5, 5.41) is 5.82. The molecule has 5 nitrogen and oxygen atoms in total. The van der Waals surface area contributed by atoms with Gasteiger partial charge in [-0.1, -0.05) is 13.8 Å². The molecule has 92 valence electrons. The van der Waals surface area contributed by atoms with Gasteiger partial charge in [0.2, 0.25) is 12.3 Å². The topological polar surface area (TPSA) is 61.4 Å². The Kier molecular flexibility index (Phi) is 5.25. The molecule has 0 aromatic carbocycles. The van der Waals surface area contributed by atoms with E-state index in [2.05, 4.69) is 10.6 Å². The number of nitrogens with one attached hydrogen (secondary N) is 2.